The normalized spacial score (nSPS) is 15.0. The Kier molecular flexibility index (Phi) is 7.54. The Hall–Kier alpha value is -4.46. The van der Waals surface area contributed by atoms with Crippen molar-refractivity contribution >= 4 is 40.7 Å². The fraction of sp³-hybridized carbons (Fsp3) is 0.147. The van der Waals surface area contributed by atoms with Gasteiger partial charge in [-0.25, -0.2) is 9.79 Å². The summed E-state index contributed by atoms with van der Waals surface area (Å²) in [6.07, 6.45) is 1.91. The fourth-order valence-electron chi connectivity index (χ4n) is 5.45. The van der Waals surface area contributed by atoms with Crippen LogP contribution in [0.4, 0.5) is 0 Å². The standard InChI is InChI=1S/C34H28ClN3O3S/c1-4-41-33(40)29-30(23-11-7-5-8-12-23)36-34-38(31(29)24-13-9-6-10-14-24)32(39)28(42-34)20-25-19-21(2)37(22(25)3)27-17-15-26(35)16-18-27/h5-20,31H,4H2,1-3H3/b28-20-/t31-/m1/s1. The number of nitrogens with zero attached hydrogens (tertiary/aromatic N) is 3. The van der Waals surface area contributed by atoms with Gasteiger partial charge in [-0.3, -0.25) is 9.36 Å². The summed E-state index contributed by atoms with van der Waals surface area (Å²) in [5.41, 5.74) is 6.18. The average Bonchev–Trinajstić information content (AvgIpc) is 3.47. The summed E-state index contributed by atoms with van der Waals surface area (Å²) in [5.74, 6) is -0.491. The lowest BCUT2D eigenvalue weighted by Gasteiger charge is -2.25. The predicted octanol–water partition coefficient (Wildman–Crippen LogP) is 6.00. The minimum atomic E-state index is -0.694. The molecule has 3 heterocycles. The molecule has 0 N–H and O–H groups in total. The second-order valence-electron chi connectivity index (χ2n) is 9.98. The lowest BCUT2D eigenvalue weighted by Crippen LogP contribution is -2.40. The third-order valence-corrected chi connectivity index (χ3v) is 8.57. The first kappa shape index (κ1) is 27.7. The zero-order valence-electron chi connectivity index (χ0n) is 23.4. The number of rotatable bonds is 6. The van der Waals surface area contributed by atoms with Gasteiger partial charge in [0.2, 0.25) is 0 Å². The van der Waals surface area contributed by atoms with E-state index in [0.717, 1.165) is 33.8 Å². The molecule has 0 saturated carbocycles. The van der Waals surface area contributed by atoms with Crippen LogP contribution < -0.4 is 14.9 Å². The summed E-state index contributed by atoms with van der Waals surface area (Å²) in [5, 5.41) is 0.674. The maximum atomic E-state index is 14.2. The van der Waals surface area contributed by atoms with Crippen LogP contribution in [0.3, 0.4) is 0 Å². The SMILES string of the molecule is CCOC(=O)C1=C(c2ccccc2)N=c2s/c(=C\c3cc(C)n(-c4ccc(Cl)cc4)c3C)c(=O)n2[C@@H]1c1ccccc1. The van der Waals surface area contributed by atoms with Gasteiger partial charge in [0, 0.05) is 27.7 Å². The first-order chi connectivity index (χ1) is 20.4. The molecule has 6 rings (SSSR count). The van der Waals surface area contributed by atoms with Gasteiger partial charge in [-0.05, 0) is 68.3 Å². The number of carbonyl (C=O) groups excluding carboxylic acids is 1. The molecule has 5 aromatic rings. The molecule has 0 bridgehead atoms. The molecular formula is C34H28ClN3O3S. The van der Waals surface area contributed by atoms with Crippen molar-refractivity contribution in [1.29, 1.82) is 0 Å². The molecule has 0 saturated heterocycles. The number of ether oxygens (including phenoxy) is 1. The van der Waals surface area contributed by atoms with Crippen LogP contribution in [0.2, 0.25) is 5.02 Å². The summed E-state index contributed by atoms with van der Waals surface area (Å²) in [7, 11) is 0. The lowest BCUT2D eigenvalue weighted by molar-refractivity contribution is -0.138. The lowest BCUT2D eigenvalue weighted by atomic mass is 9.93. The van der Waals surface area contributed by atoms with E-state index in [1.807, 2.05) is 105 Å². The maximum absolute atomic E-state index is 14.2. The van der Waals surface area contributed by atoms with E-state index in [4.69, 9.17) is 21.3 Å². The quantitative estimate of drug-likeness (QED) is 0.227. The van der Waals surface area contributed by atoms with Crippen molar-refractivity contribution < 1.29 is 9.53 Å². The van der Waals surface area contributed by atoms with Gasteiger partial charge in [-0.1, -0.05) is 83.6 Å². The van der Waals surface area contributed by atoms with Crippen molar-refractivity contribution in [2.45, 2.75) is 26.8 Å². The van der Waals surface area contributed by atoms with Crippen molar-refractivity contribution in [3.05, 3.63) is 149 Å². The van der Waals surface area contributed by atoms with E-state index in [9.17, 15) is 9.59 Å². The number of thiazole rings is 1. The Morgan fingerprint density at radius 1 is 1.00 bits per heavy atom. The Morgan fingerprint density at radius 2 is 1.67 bits per heavy atom. The molecule has 0 fully saturated rings. The molecule has 0 aliphatic carbocycles. The molecule has 8 heteroatoms. The number of fused-ring (bicyclic) bond motifs is 1. The highest BCUT2D eigenvalue weighted by Crippen LogP contribution is 2.35. The van der Waals surface area contributed by atoms with Crippen LogP contribution in [0.25, 0.3) is 17.5 Å². The molecule has 0 amide bonds. The number of esters is 1. The van der Waals surface area contributed by atoms with E-state index in [2.05, 4.69) is 10.6 Å². The molecule has 1 atom stereocenters. The minimum absolute atomic E-state index is 0.208. The first-order valence-electron chi connectivity index (χ1n) is 13.7. The van der Waals surface area contributed by atoms with Crippen LogP contribution in [0.1, 0.15) is 41.0 Å². The van der Waals surface area contributed by atoms with Gasteiger partial charge < -0.3 is 9.30 Å². The number of hydrogen-bond acceptors (Lipinski definition) is 5. The minimum Gasteiger partial charge on any atom is -0.463 e. The van der Waals surface area contributed by atoms with Crippen LogP contribution in [-0.2, 0) is 9.53 Å². The number of hydrogen-bond donors (Lipinski definition) is 0. The molecular weight excluding hydrogens is 566 g/mol. The van der Waals surface area contributed by atoms with Gasteiger partial charge in [0.15, 0.2) is 4.80 Å². The highest BCUT2D eigenvalue weighted by Gasteiger charge is 2.35. The Balaban J connectivity index is 1.59. The predicted molar refractivity (Wildman–Crippen MR) is 168 cm³/mol. The number of carbonyl (C=O) groups is 1. The number of aromatic nitrogens is 2. The van der Waals surface area contributed by atoms with E-state index in [0.29, 0.717) is 25.6 Å². The second-order valence-corrected chi connectivity index (χ2v) is 11.4. The topological polar surface area (TPSA) is 65.6 Å². The van der Waals surface area contributed by atoms with Crippen LogP contribution in [0.15, 0.2) is 106 Å². The van der Waals surface area contributed by atoms with Gasteiger partial charge in [-0.2, -0.15) is 0 Å². The van der Waals surface area contributed by atoms with Crippen LogP contribution in [-0.4, -0.2) is 21.7 Å². The van der Waals surface area contributed by atoms with Gasteiger partial charge in [-0.15, -0.1) is 0 Å². The van der Waals surface area contributed by atoms with E-state index >= 15 is 0 Å². The zero-order valence-corrected chi connectivity index (χ0v) is 24.9. The first-order valence-corrected chi connectivity index (χ1v) is 14.8. The molecule has 0 radical (unpaired) electrons. The van der Waals surface area contributed by atoms with Gasteiger partial charge >= 0.3 is 5.97 Å². The molecule has 2 aromatic heterocycles. The molecule has 1 aliphatic rings. The molecule has 0 unspecified atom stereocenters. The summed E-state index contributed by atoms with van der Waals surface area (Å²) in [6.45, 7) is 6.05. The highest BCUT2D eigenvalue weighted by molar-refractivity contribution is 7.07. The molecule has 210 valence electrons. The van der Waals surface area contributed by atoms with Crippen molar-refractivity contribution in [3.8, 4) is 5.69 Å². The summed E-state index contributed by atoms with van der Waals surface area (Å²) in [6, 6.07) is 28.2. The van der Waals surface area contributed by atoms with Crippen molar-refractivity contribution in [2.75, 3.05) is 6.61 Å². The Morgan fingerprint density at radius 3 is 2.33 bits per heavy atom. The summed E-state index contributed by atoms with van der Waals surface area (Å²) >= 11 is 7.44. The van der Waals surface area contributed by atoms with Crippen molar-refractivity contribution in [1.82, 2.24) is 9.13 Å². The zero-order chi connectivity index (χ0) is 29.4. The smallest absolute Gasteiger partial charge is 0.338 e. The maximum Gasteiger partial charge on any atom is 0.338 e. The van der Waals surface area contributed by atoms with Crippen LogP contribution >= 0.6 is 22.9 Å². The molecule has 3 aromatic carbocycles. The summed E-state index contributed by atoms with van der Waals surface area (Å²) in [4.78, 5) is 33.2. The van der Waals surface area contributed by atoms with E-state index in [-0.39, 0.29) is 12.2 Å². The van der Waals surface area contributed by atoms with Gasteiger partial charge in [0.1, 0.15) is 0 Å². The second kappa shape index (κ2) is 11.4. The largest absolute Gasteiger partial charge is 0.463 e. The fourth-order valence-corrected chi connectivity index (χ4v) is 6.57. The Bertz CT molecular complexity index is 2000. The molecule has 6 nitrogen and oxygen atoms in total. The number of benzene rings is 3. The van der Waals surface area contributed by atoms with E-state index in [1.165, 1.54) is 11.3 Å². The van der Waals surface area contributed by atoms with E-state index < -0.39 is 12.0 Å². The van der Waals surface area contributed by atoms with Gasteiger partial charge in [0.05, 0.1) is 28.5 Å². The van der Waals surface area contributed by atoms with Gasteiger partial charge in [0.25, 0.3) is 5.56 Å². The number of aryl methyl sites for hydroxylation is 1. The molecule has 0 spiro atoms. The van der Waals surface area contributed by atoms with Crippen molar-refractivity contribution in [3.63, 3.8) is 0 Å². The Labute approximate surface area is 252 Å². The monoisotopic (exact) mass is 593 g/mol. The van der Waals surface area contributed by atoms with E-state index in [1.54, 1.807) is 11.5 Å². The third-order valence-electron chi connectivity index (χ3n) is 7.33. The molecule has 1 aliphatic heterocycles. The summed E-state index contributed by atoms with van der Waals surface area (Å²) < 4.78 is 9.83. The molecule has 42 heavy (non-hydrogen) atoms. The van der Waals surface area contributed by atoms with Crippen LogP contribution in [0, 0.1) is 13.8 Å². The van der Waals surface area contributed by atoms with Crippen molar-refractivity contribution in [2.24, 2.45) is 4.99 Å². The average molecular weight is 594 g/mol. The number of halogens is 1. The van der Waals surface area contributed by atoms with Crippen LogP contribution in [0.5, 0.6) is 0 Å². The highest BCUT2D eigenvalue weighted by atomic mass is 35.5. The third kappa shape index (κ3) is 4.95.